The number of rotatable bonds is 6. The summed E-state index contributed by atoms with van der Waals surface area (Å²) in [4.78, 5) is 19.1. The lowest BCUT2D eigenvalue weighted by Crippen LogP contribution is -2.38. The molecule has 1 amide bonds. The van der Waals surface area contributed by atoms with Gasteiger partial charge in [-0.05, 0) is 35.8 Å². The molecule has 0 spiro atoms. The molecule has 0 bridgehead atoms. The van der Waals surface area contributed by atoms with Crippen molar-refractivity contribution in [3.63, 3.8) is 0 Å². The third kappa shape index (κ3) is 4.78. The Morgan fingerprint density at radius 1 is 1.07 bits per heavy atom. The molecule has 30 heavy (non-hydrogen) atoms. The molecule has 1 fully saturated rings. The SMILES string of the molecule is CC(C)c1ccc(-c2noc(CCC(=O)N3CCC(c4ccccc4)CC3)n2)cc1. The summed E-state index contributed by atoms with van der Waals surface area (Å²) < 4.78 is 5.38. The van der Waals surface area contributed by atoms with Gasteiger partial charge in [-0.25, -0.2) is 0 Å². The molecule has 156 valence electrons. The molecule has 2 aromatic carbocycles. The lowest BCUT2D eigenvalue weighted by molar-refractivity contribution is -0.132. The normalized spacial score (nSPS) is 15.0. The molecular formula is C25H29N3O2. The highest BCUT2D eigenvalue weighted by Crippen LogP contribution is 2.28. The first kappa shape index (κ1) is 20.3. The topological polar surface area (TPSA) is 59.2 Å². The van der Waals surface area contributed by atoms with Crippen LogP contribution in [0.3, 0.4) is 0 Å². The second kappa shape index (κ2) is 9.24. The van der Waals surface area contributed by atoms with Gasteiger partial charge in [0.1, 0.15) is 0 Å². The van der Waals surface area contributed by atoms with Crippen LogP contribution in [0.4, 0.5) is 0 Å². The predicted octanol–water partition coefficient (Wildman–Crippen LogP) is 5.20. The summed E-state index contributed by atoms with van der Waals surface area (Å²) in [5.74, 6) is 2.31. The van der Waals surface area contributed by atoms with Crippen LogP contribution in [-0.2, 0) is 11.2 Å². The van der Waals surface area contributed by atoms with E-state index in [4.69, 9.17) is 4.52 Å². The number of aromatic nitrogens is 2. The molecule has 1 saturated heterocycles. The average molecular weight is 404 g/mol. The fourth-order valence-corrected chi connectivity index (χ4v) is 4.05. The maximum absolute atomic E-state index is 12.6. The first-order valence-electron chi connectivity index (χ1n) is 10.9. The number of carbonyl (C=O) groups excluding carboxylic acids is 1. The van der Waals surface area contributed by atoms with E-state index in [1.54, 1.807) is 0 Å². The summed E-state index contributed by atoms with van der Waals surface area (Å²) in [6.45, 7) is 5.97. The molecule has 0 N–H and O–H groups in total. The van der Waals surface area contributed by atoms with E-state index in [0.717, 1.165) is 31.5 Å². The van der Waals surface area contributed by atoms with Gasteiger partial charge in [-0.1, -0.05) is 73.6 Å². The van der Waals surface area contributed by atoms with Crippen molar-refractivity contribution in [1.29, 1.82) is 0 Å². The van der Waals surface area contributed by atoms with E-state index >= 15 is 0 Å². The van der Waals surface area contributed by atoms with Crippen LogP contribution in [0.2, 0.25) is 0 Å². The van der Waals surface area contributed by atoms with Crippen LogP contribution in [0.5, 0.6) is 0 Å². The molecule has 0 unspecified atom stereocenters. The molecule has 2 heterocycles. The van der Waals surface area contributed by atoms with Crippen molar-refractivity contribution >= 4 is 5.91 Å². The number of benzene rings is 2. The van der Waals surface area contributed by atoms with Crippen molar-refractivity contribution in [2.75, 3.05) is 13.1 Å². The van der Waals surface area contributed by atoms with Gasteiger partial charge in [-0.15, -0.1) is 0 Å². The van der Waals surface area contributed by atoms with Gasteiger partial charge in [-0.2, -0.15) is 4.98 Å². The fourth-order valence-electron chi connectivity index (χ4n) is 4.05. The molecule has 0 saturated carbocycles. The van der Waals surface area contributed by atoms with Crippen molar-refractivity contribution in [3.8, 4) is 11.4 Å². The maximum atomic E-state index is 12.6. The quantitative estimate of drug-likeness (QED) is 0.568. The van der Waals surface area contributed by atoms with E-state index in [1.165, 1.54) is 11.1 Å². The number of amides is 1. The minimum absolute atomic E-state index is 0.169. The molecule has 0 atom stereocenters. The van der Waals surface area contributed by atoms with Crippen molar-refractivity contribution in [2.24, 2.45) is 0 Å². The van der Waals surface area contributed by atoms with Crippen LogP contribution in [0, 0.1) is 0 Å². The molecular weight excluding hydrogens is 374 g/mol. The van der Waals surface area contributed by atoms with Gasteiger partial charge in [0.15, 0.2) is 0 Å². The number of carbonyl (C=O) groups is 1. The second-order valence-electron chi connectivity index (χ2n) is 8.35. The van der Waals surface area contributed by atoms with E-state index in [1.807, 2.05) is 23.1 Å². The first-order valence-corrected chi connectivity index (χ1v) is 10.9. The molecule has 3 aromatic rings. The Bertz CT molecular complexity index is 956. The first-order chi connectivity index (χ1) is 14.6. The smallest absolute Gasteiger partial charge is 0.227 e. The van der Waals surface area contributed by atoms with Gasteiger partial charge < -0.3 is 9.42 Å². The Kier molecular flexibility index (Phi) is 6.26. The third-order valence-electron chi connectivity index (χ3n) is 5.98. The number of hydrogen-bond donors (Lipinski definition) is 0. The largest absolute Gasteiger partial charge is 0.343 e. The number of aryl methyl sites for hydroxylation is 1. The van der Waals surface area contributed by atoms with E-state index < -0.39 is 0 Å². The molecule has 0 radical (unpaired) electrons. The summed E-state index contributed by atoms with van der Waals surface area (Å²) >= 11 is 0. The highest BCUT2D eigenvalue weighted by Gasteiger charge is 2.24. The van der Waals surface area contributed by atoms with E-state index in [9.17, 15) is 4.79 Å². The maximum Gasteiger partial charge on any atom is 0.227 e. The standard InChI is InChI=1S/C25H29N3O2/c1-18(2)19-8-10-22(11-9-19)25-26-23(30-27-25)12-13-24(29)28-16-14-21(15-17-28)20-6-4-3-5-7-20/h3-11,18,21H,12-17H2,1-2H3. The number of likely N-dealkylation sites (tertiary alicyclic amines) is 1. The molecule has 1 aliphatic heterocycles. The van der Waals surface area contributed by atoms with Crippen molar-refractivity contribution in [3.05, 3.63) is 71.6 Å². The molecule has 4 rings (SSSR count). The average Bonchev–Trinajstić information content (AvgIpc) is 3.27. The van der Waals surface area contributed by atoms with Crippen molar-refractivity contribution < 1.29 is 9.32 Å². The van der Waals surface area contributed by atoms with Crippen LogP contribution in [0.15, 0.2) is 59.1 Å². The summed E-state index contributed by atoms with van der Waals surface area (Å²) in [5, 5.41) is 4.08. The Morgan fingerprint density at radius 2 is 1.77 bits per heavy atom. The number of hydrogen-bond acceptors (Lipinski definition) is 4. The minimum atomic E-state index is 0.169. The van der Waals surface area contributed by atoms with Crippen molar-refractivity contribution in [1.82, 2.24) is 15.0 Å². The highest BCUT2D eigenvalue weighted by atomic mass is 16.5. The van der Waals surface area contributed by atoms with Gasteiger partial charge in [0.2, 0.25) is 17.6 Å². The van der Waals surface area contributed by atoms with Crippen molar-refractivity contribution in [2.45, 2.75) is 51.4 Å². The fraction of sp³-hybridized carbons (Fsp3) is 0.400. The van der Waals surface area contributed by atoms with E-state index in [2.05, 4.69) is 60.4 Å². The molecule has 1 aliphatic rings. The minimum Gasteiger partial charge on any atom is -0.343 e. The predicted molar refractivity (Wildman–Crippen MR) is 117 cm³/mol. The Balaban J connectivity index is 1.28. The van der Waals surface area contributed by atoms with E-state index in [-0.39, 0.29) is 5.91 Å². The lowest BCUT2D eigenvalue weighted by atomic mass is 9.89. The summed E-state index contributed by atoms with van der Waals surface area (Å²) in [6.07, 6.45) is 2.93. The van der Waals surface area contributed by atoms with Crippen LogP contribution in [-0.4, -0.2) is 34.0 Å². The van der Waals surface area contributed by atoms with E-state index in [0.29, 0.717) is 36.4 Å². The highest BCUT2D eigenvalue weighted by molar-refractivity contribution is 5.76. The van der Waals surface area contributed by atoms with Gasteiger partial charge in [0, 0.05) is 31.5 Å². The molecule has 1 aromatic heterocycles. The van der Waals surface area contributed by atoms with Gasteiger partial charge in [0.05, 0.1) is 0 Å². The van der Waals surface area contributed by atoms with Crippen LogP contribution in [0.1, 0.15) is 62.0 Å². The molecule has 5 heteroatoms. The zero-order valence-corrected chi connectivity index (χ0v) is 17.8. The van der Waals surface area contributed by atoms with Crippen LogP contribution >= 0.6 is 0 Å². The van der Waals surface area contributed by atoms with Gasteiger partial charge >= 0.3 is 0 Å². The van der Waals surface area contributed by atoms with Crippen LogP contribution < -0.4 is 0 Å². The van der Waals surface area contributed by atoms with Crippen LogP contribution in [0.25, 0.3) is 11.4 Å². The number of piperidine rings is 1. The summed E-state index contributed by atoms with van der Waals surface area (Å²) in [5.41, 5.74) is 3.59. The van der Waals surface area contributed by atoms with Gasteiger partial charge in [-0.3, -0.25) is 4.79 Å². The second-order valence-corrected chi connectivity index (χ2v) is 8.35. The molecule has 0 aliphatic carbocycles. The monoisotopic (exact) mass is 403 g/mol. The Morgan fingerprint density at radius 3 is 2.43 bits per heavy atom. The summed E-state index contributed by atoms with van der Waals surface area (Å²) in [7, 11) is 0. The summed E-state index contributed by atoms with van der Waals surface area (Å²) in [6, 6.07) is 18.8. The zero-order valence-electron chi connectivity index (χ0n) is 17.8. The Labute approximate surface area is 178 Å². The Hall–Kier alpha value is -2.95. The lowest BCUT2D eigenvalue weighted by Gasteiger charge is -2.32. The third-order valence-corrected chi connectivity index (χ3v) is 5.98. The number of nitrogens with zero attached hydrogens (tertiary/aromatic N) is 3. The zero-order chi connectivity index (χ0) is 20.9. The molecule has 5 nitrogen and oxygen atoms in total. The van der Waals surface area contributed by atoms with Gasteiger partial charge in [0.25, 0.3) is 0 Å².